The quantitative estimate of drug-likeness (QED) is 0.259. The van der Waals surface area contributed by atoms with Gasteiger partial charge in [-0.1, -0.05) is 41.9 Å². The maximum absolute atomic E-state index is 14.3. The number of alkyl halides is 3. The molecule has 2 aromatic carbocycles. The number of anilines is 1. The summed E-state index contributed by atoms with van der Waals surface area (Å²) in [7, 11) is 0. The molecule has 4 rings (SSSR count). The number of nitrogens with two attached hydrogens (primary N) is 1. The summed E-state index contributed by atoms with van der Waals surface area (Å²) in [5, 5.41) is 20.8. The number of hydrogen-bond donors (Lipinski definition) is 3. The zero-order chi connectivity index (χ0) is 27.6. The second-order valence-corrected chi connectivity index (χ2v) is 8.69. The summed E-state index contributed by atoms with van der Waals surface area (Å²) in [6, 6.07) is 13.1. The van der Waals surface area contributed by atoms with Gasteiger partial charge in [-0.2, -0.15) is 23.3 Å². The first-order valence-corrected chi connectivity index (χ1v) is 11.4. The van der Waals surface area contributed by atoms with Crippen molar-refractivity contribution in [2.45, 2.75) is 25.6 Å². The molecule has 0 aliphatic rings. The first-order chi connectivity index (χ1) is 17.9. The molecule has 0 bridgehead atoms. The second-order valence-electron chi connectivity index (χ2n) is 8.25. The third-order valence-electron chi connectivity index (χ3n) is 5.39. The van der Waals surface area contributed by atoms with Crippen molar-refractivity contribution in [1.82, 2.24) is 19.7 Å². The van der Waals surface area contributed by atoms with Gasteiger partial charge in [0, 0.05) is 34.8 Å². The van der Waals surface area contributed by atoms with Gasteiger partial charge in [0.15, 0.2) is 0 Å². The molecule has 196 valence electrons. The van der Waals surface area contributed by atoms with Crippen LogP contribution in [0.25, 0.3) is 16.9 Å². The van der Waals surface area contributed by atoms with Gasteiger partial charge in [0.25, 0.3) is 0 Å². The SMILES string of the molecule is Cc1ccn(-c2cc(Cl)ccc2[C@@H](Oc2cc(-c3ccc(CC(=N)C(=O)O)cc3)nc(N)n2)C(F)(F)F)n1. The van der Waals surface area contributed by atoms with E-state index >= 15 is 0 Å². The van der Waals surface area contributed by atoms with Crippen LogP contribution in [0.3, 0.4) is 0 Å². The van der Waals surface area contributed by atoms with Crippen LogP contribution in [0.15, 0.2) is 60.8 Å². The molecule has 0 radical (unpaired) electrons. The Morgan fingerprint density at radius 1 is 1.16 bits per heavy atom. The van der Waals surface area contributed by atoms with Gasteiger partial charge in [0.1, 0.15) is 5.71 Å². The molecule has 0 fully saturated rings. The maximum atomic E-state index is 14.3. The van der Waals surface area contributed by atoms with E-state index in [0.29, 0.717) is 16.8 Å². The number of aromatic nitrogens is 4. The van der Waals surface area contributed by atoms with Gasteiger partial charge >= 0.3 is 12.1 Å². The monoisotopic (exact) mass is 544 g/mol. The van der Waals surface area contributed by atoms with Crippen LogP contribution in [0.5, 0.6) is 5.88 Å². The summed E-state index contributed by atoms with van der Waals surface area (Å²) in [4.78, 5) is 18.8. The fourth-order valence-corrected chi connectivity index (χ4v) is 3.80. The maximum Gasteiger partial charge on any atom is 0.429 e. The van der Waals surface area contributed by atoms with Crippen LogP contribution in [-0.2, 0) is 11.2 Å². The molecule has 9 nitrogen and oxygen atoms in total. The van der Waals surface area contributed by atoms with Crippen LogP contribution in [0, 0.1) is 12.3 Å². The Morgan fingerprint density at radius 2 is 1.87 bits per heavy atom. The summed E-state index contributed by atoms with van der Waals surface area (Å²) in [5.74, 6) is -2.05. The van der Waals surface area contributed by atoms with E-state index in [4.69, 9.17) is 32.6 Å². The predicted molar refractivity (Wildman–Crippen MR) is 134 cm³/mol. The largest absolute Gasteiger partial charge is 0.477 e. The van der Waals surface area contributed by atoms with Crippen molar-refractivity contribution < 1.29 is 27.8 Å². The van der Waals surface area contributed by atoms with E-state index in [1.165, 1.54) is 35.1 Å². The Hall–Kier alpha value is -4.45. The number of carbonyl (C=O) groups is 1. The van der Waals surface area contributed by atoms with E-state index in [-0.39, 0.29) is 34.3 Å². The highest BCUT2D eigenvalue weighted by atomic mass is 35.5. The lowest BCUT2D eigenvalue weighted by Crippen LogP contribution is -2.28. The number of nitrogens with zero attached hydrogens (tertiary/aromatic N) is 4. The highest BCUT2D eigenvalue weighted by Crippen LogP contribution is 2.40. The van der Waals surface area contributed by atoms with Crippen LogP contribution < -0.4 is 10.5 Å². The van der Waals surface area contributed by atoms with E-state index in [1.807, 2.05) is 0 Å². The highest BCUT2D eigenvalue weighted by molar-refractivity contribution is 6.34. The molecule has 0 aliphatic heterocycles. The van der Waals surface area contributed by atoms with E-state index < -0.39 is 29.8 Å². The zero-order valence-electron chi connectivity index (χ0n) is 19.7. The molecule has 0 saturated heterocycles. The van der Waals surface area contributed by atoms with Crippen molar-refractivity contribution in [2.24, 2.45) is 0 Å². The molecule has 0 unspecified atom stereocenters. The lowest BCUT2D eigenvalue weighted by atomic mass is 10.0. The summed E-state index contributed by atoms with van der Waals surface area (Å²) in [6.45, 7) is 1.70. The Labute approximate surface area is 219 Å². The number of benzene rings is 2. The molecule has 0 saturated carbocycles. The number of carboxylic acid groups (broad SMARTS) is 1. The number of aryl methyl sites for hydroxylation is 1. The van der Waals surface area contributed by atoms with Crippen molar-refractivity contribution in [2.75, 3.05) is 5.73 Å². The second kappa shape index (κ2) is 10.5. The molecule has 4 N–H and O–H groups in total. The number of rotatable bonds is 8. The topological polar surface area (TPSA) is 140 Å². The lowest BCUT2D eigenvalue weighted by molar-refractivity contribution is -0.198. The van der Waals surface area contributed by atoms with Gasteiger partial charge in [0.2, 0.25) is 17.9 Å². The minimum absolute atomic E-state index is 0.0812. The van der Waals surface area contributed by atoms with Crippen molar-refractivity contribution in [3.63, 3.8) is 0 Å². The van der Waals surface area contributed by atoms with Crippen LogP contribution >= 0.6 is 11.6 Å². The minimum Gasteiger partial charge on any atom is -0.477 e. The van der Waals surface area contributed by atoms with Gasteiger partial charge in [-0.05, 0) is 30.7 Å². The van der Waals surface area contributed by atoms with Gasteiger partial charge in [-0.15, -0.1) is 0 Å². The summed E-state index contributed by atoms with van der Waals surface area (Å²) in [5.41, 5.74) is 6.95. The molecular formula is C25H20ClF3N6O3. The Balaban J connectivity index is 1.69. The van der Waals surface area contributed by atoms with Crippen LogP contribution in [0.4, 0.5) is 19.1 Å². The van der Waals surface area contributed by atoms with Gasteiger partial charge in [-0.3, -0.25) is 5.41 Å². The number of aliphatic carboxylic acids is 1. The smallest absolute Gasteiger partial charge is 0.429 e. The Kier molecular flexibility index (Phi) is 7.35. The molecular weight excluding hydrogens is 525 g/mol. The predicted octanol–water partition coefficient (Wildman–Crippen LogP) is 5.20. The third-order valence-corrected chi connectivity index (χ3v) is 5.62. The van der Waals surface area contributed by atoms with Crippen LogP contribution in [0.1, 0.15) is 22.9 Å². The molecule has 2 heterocycles. The van der Waals surface area contributed by atoms with Crippen molar-refractivity contribution in [3.05, 3.63) is 82.6 Å². The normalized spacial score (nSPS) is 12.2. The number of nitrogen functional groups attached to an aromatic ring is 1. The van der Waals surface area contributed by atoms with Crippen molar-refractivity contribution >= 4 is 29.2 Å². The third kappa shape index (κ3) is 6.09. The van der Waals surface area contributed by atoms with Gasteiger partial charge in [0.05, 0.1) is 17.1 Å². The summed E-state index contributed by atoms with van der Waals surface area (Å²) in [6.07, 6.45) is -5.87. The number of carboxylic acids is 1. The van der Waals surface area contributed by atoms with E-state index in [1.54, 1.807) is 37.3 Å². The Morgan fingerprint density at radius 3 is 2.47 bits per heavy atom. The van der Waals surface area contributed by atoms with Gasteiger partial charge < -0.3 is 15.6 Å². The zero-order valence-corrected chi connectivity index (χ0v) is 20.5. The minimum atomic E-state index is -4.85. The van der Waals surface area contributed by atoms with Crippen LogP contribution in [0.2, 0.25) is 5.02 Å². The van der Waals surface area contributed by atoms with Crippen molar-refractivity contribution in [1.29, 1.82) is 5.41 Å². The number of nitrogens with one attached hydrogen (secondary N) is 1. The first-order valence-electron chi connectivity index (χ1n) is 11.0. The molecule has 1 atom stereocenters. The molecule has 0 amide bonds. The molecule has 4 aromatic rings. The molecule has 0 aliphatic carbocycles. The number of hydrogen-bond acceptors (Lipinski definition) is 7. The lowest BCUT2D eigenvalue weighted by Gasteiger charge is -2.24. The molecule has 13 heteroatoms. The molecule has 2 aromatic heterocycles. The fraction of sp³-hybridized carbons (Fsp3) is 0.160. The van der Waals surface area contributed by atoms with E-state index in [0.717, 1.165) is 0 Å². The summed E-state index contributed by atoms with van der Waals surface area (Å²) < 4.78 is 49.6. The van der Waals surface area contributed by atoms with Gasteiger partial charge in [-0.25, -0.2) is 14.5 Å². The standard InChI is InChI=1S/C25H20ClF3N6O3/c1-13-8-9-35(34-13)20-11-16(26)6-7-17(20)22(25(27,28)29)38-21-12-19(32-24(31)33-21)15-4-2-14(3-5-15)10-18(30)23(36)37/h2-9,11-12,22,30H,10H2,1H3,(H,36,37)(H2,31,32,33)/t22-/m1/s1. The Bertz CT molecular complexity index is 1510. The molecule has 38 heavy (non-hydrogen) atoms. The first kappa shape index (κ1) is 26.6. The molecule has 0 spiro atoms. The number of halogens is 4. The van der Waals surface area contributed by atoms with E-state index in [9.17, 15) is 18.0 Å². The average Bonchev–Trinajstić information content (AvgIpc) is 3.28. The fourth-order valence-electron chi connectivity index (χ4n) is 3.64. The average molecular weight is 545 g/mol. The summed E-state index contributed by atoms with van der Waals surface area (Å²) >= 11 is 6.08. The van der Waals surface area contributed by atoms with E-state index in [2.05, 4.69) is 15.1 Å². The van der Waals surface area contributed by atoms with Crippen LogP contribution in [-0.4, -0.2) is 42.7 Å². The highest BCUT2D eigenvalue weighted by Gasteiger charge is 2.45. The van der Waals surface area contributed by atoms with Crippen molar-refractivity contribution in [3.8, 4) is 22.8 Å². The number of ether oxygens (including phenoxy) is 1.